The number of hydrogen-bond donors (Lipinski definition) is 2. The molecule has 0 aromatic heterocycles. The molecular formula is C12H17N3O. The van der Waals surface area contributed by atoms with Gasteiger partial charge >= 0.3 is 6.03 Å². The maximum atomic E-state index is 11.2. The molecule has 1 heterocycles. The van der Waals surface area contributed by atoms with Gasteiger partial charge in [0, 0.05) is 18.8 Å². The first-order valence-electron chi connectivity index (χ1n) is 5.55. The lowest BCUT2D eigenvalue weighted by Gasteiger charge is -2.21. The molecule has 86 valence electrons. The number of nitrogens with two attached hydrogens (primary N) is 1. The Morgan fingerprint density at radius 2 is 2.25 bits per heavy atom. The van der Waals surface area contributed by atoms with Crippen molar-refractivity contribution in [3.63, 3.8) is 0 Å². The molecule has 4 nitrogen and oxygen atoms in total. The number of carbonyl (C=O) groups is 1. The molecule has 2 rings (SSSR count). The molecule has 0 spiro atoms. The summed E-state index contributed by atoms with van der Waals surface area (Å²) in [5, 5.41) is 3.43. The number of urea groups is 1. The van der Waals surface area contributed by atoms with Crippen molar-refractivity contribution >= 4 is 11.7 Å². The molecule has 1 aliphatic heterocycles. The number of para-hydroxylation sites is 1. The number of amides is 2. The quantitative estimate of drug-likeness (QED) is 0.794. The van der Waals surface area contributed by atoms with E-state index in [1.165, 1.54) is 11.3 Å². The van der Waals surface area contributed by atoms with Gasteiger partial charge in [-0.25, -0.2) is 4.79 Å². The van der Waals surface area contributed by atoms with Gasteiger partial charge in [0.2, 0.25) is 0 Å². The number of hydrogen-bond acceptors (Lipinski definition) is 2. The summed E-state index contributed by atoms with van der Waals surface area (Å²) in [6, 6.07) is 7.82. The highest BCUT2D eigenvalue weighted by molar-refractivity contribution is 5.91. The molecule has 1 saturated heterocycles. The zero-order chi connectivity index (χ0) is 11.5. The second-order valence-electron chi connectivity index (χ2n) is 4.11. The van der Waals surface area contributed by atoms with Crippen LogP contribution in [0.5, 0.6) is 0 Å². The van der Waals surface area contributed by atoms with E-state index in [4.69, 9.17) is 5.73 Å². The monoisotopic (exact) mass is 219 g/mol. The number of nitrogens with one attached hydrogen (secondary N) is 1. The summed E-state index contributed by atoms with van der Waals surface area (Å²) in [5.74, 6) is 0. The van der Waals surface area contributed by atoms with Crippen molar-refractivity contribution in [2.24, 2.45) is 5.73 Å². The summed E-state index contributed by atoms with van der Waals surface area (Å²) in [7, 11) is 1.70. The van der Waals surface area contributed by atoms with E-state index in [0.29, 0.717) is 6.04 Å². The lowest BCUT2D eigenvalue weighted by molar-refractivity contribution is 0.255. The van der Waals surface area contributed by atoms with Gasteiger partial charge in [0.05, 0.1) is 0 Å². The molecule has 4 heteroatoms. The molecule has 1 aromatic carbocycles. The van der Waals surface area contributed by atoms with E-state index in [-0.39, 0.29) is 0 Å². The first kappa shape index (κ1) is 11.0. The van der Waals surface area contributed by atoms with E-state index >= 15 is 0 Å². The van der Waals surface area contributed by atoms with Crippen LogP contribution in [0.2, 0.25) is 0 Å². The molecular weight excluding hydrogens is 202 g/mol. The molecule has 0 aliphatic carbocycles. The second kappa shape index (κ2) is 4.53. The van der Waals surface area contributed by atoms with Crippen LogP contribution in [0.25, 0.3) is 0 Å². The highest BCUT2D eigenvalue weighted by Crippen LogP contribution is 2.30. The van der Waals surface area contributed by atoms with Crippen LogP contribution in [-0.2, 0) is 0 Å². The van der Waals surface area contributed by atoms with Gasteiger partial charge in [0.25, 0.3) is 0 Å². The number of carbonyl (C=O) groups excluding carboxylic acids is 1. The van der Waals surface area contributed by atoms with Crippen LogP contribution in [-0.4, -0.2) is 19.6 Å². The topological polar surface area (TPSA) is 58.4 Å². The molecule has 1 aliphatic rings. The predicted octanol–water partition coefficient (Wildman–Crippen LogP) is 1.63. The third-order valence-electron chi connectivity index (χ3n) is 3.06. The van der Waals surface area contributed by atoms with E-state index in [2.05, 4.69) is 11.4 Å². The van der Waals surface area contributed by atoms with E-state index in [0.717, 1.165) is 24.2 Å². The number of anilines is 1. The van der Waals surface area contributed by atoms with Crippen molar-refractivity contribution in [1.82, 2.24) is 5.32 Å². The van der Waals surface area contributed by atoms with Crippen molar-refractivity contribution in [3.8, 4) is 0 Å². The third-order valence-corrected chi connectivity index (χ3v) is 3.06. The lowest BCUT2D eigenvalue weighted by atomic mass is 10.0. The summed E-state index contributed by atoms with van der Waals surface area (Å²) in [6.45, 7) is 1.04. The Bertz CT molecular complexity index is 386. The third kappa shape index (κ3) is 2.02. The van der Waals surface area contributed by atoms with Gasteiger partial charge in [-0.05, 0) is 31.0 Å². The number of rotatable bonds is 2. The molecule has 16 heavy (non-hydrogen) atoms. The van der Waals surface area contributed by atoms with E-state index in [1.807, 2.05) is 18.2 Å². The number of benzene rings is 1. The van der Waals surface area contributed by atoms with E-state index in [1.54, 1.807) is 7.05 Å². The zero-order valence-corrected chi connectivity index (χ0v) is 9.44. The maximum Gasteiger partial charge on any atom is 0.319 e. The zero-order valence-electron chi connectivity index (χ0n) is 9.44. The predicted molar refractivity (Wildman–Crippen MR) is 64.4 cm³/mol. The highest BCUT2D eigenvalue weighted by atomic mass is 16.2. The first-order chi connectivity index (χ1) is 7.70. The average Bonchev–Trinajstić information content (AvgIpc) is 2.81. The van der Waals surface area contributed by atoms with Crippen molar-refractivity contribution in [1.29, 1.82) is 0 Å². The molecule has 0 radical (unpaired) electrons. The van der Waals surface area contributed by atoms with Crippen LogP contribution in [0.1, 0.15) is 24.4 Å². The van der Waals surface area contributed by atoms with Crippen molar-refractivity contribution < 1.29 is 4.79 Å². The Labute approximate surface area is 95.4 Å². The maximum absolute atomic E-state index is 11.2. The van der Waals surface area contributed by atoms with Gasteiger partial charge < -0.3 is 11.1 Å². The van der Waals surface area contributed by atoms with Crippen LogP contribution < -0.4 is 16.0 Å². The van der Waals surface area contributed by atoms with Gasteiger partial charge in [-0.1, -0.05) is 18.2 Å². The Kier molecular flexibility index (Phi) is 3.10. The minimum Gasteiger partial charge on any atom is -0.351 e. The van der Waals surface area contributed by atoms with Gasteiger partial charge in [-0.3, -0.25) is 4.90 Å². The molecule has 1 fully saturated rings. The molecule has 1 atom stereocenters. The summed E-state index contributed by atoms with van der Waals surface area (Å²) in [4.78, 5) is 12.7. The Hall–Kier alpha value is -1.55. The fourth-order valence-corrected chi connectivity index (χ4v) is 2.16. The largest absolute Gasteiger partial charge is 0.351 e. The van der Waals surface area contributed by atoms with Gasteiger partial charge in [0.1, 0.15) is 0 Å². The van der Waals surface area contributed by atoms with Crippen LogP contribution in [0.4, 0.5) is 10.5 Å². The summed E-state index contributed by atoms with van der Waals surface area (Å²) >= 11 is 0. The second-order valence-corrected chi connectivity index (χ2v) is 4.11. The van der Waals surface area contributed by atoms with Crippen molar-refractivity contribution in [3.05, 3.63) is 29.8 Å². The minimum absolute atomic E-state index is 0.345. The summed E-state index contributed by atoms with van der Waals surface area (Å²) < 4.78 is 0. The molecule has 3 N–H and O–H groups in total. The lowest BCUT2D eigenvalue weighted by Crippen LogP contribution is -2.33. The molecule has 1 unspecified atom stereocenters. The van der Waals surface area contributed by atoms with Gasteiger partial charge in [-0.15, -0.1) is 0 Å². The Morgan fingerprint density at radius 3 is 2.88 bits per heavy atom. The Balaban J connectivity index is 2.33. The van der Waals surface area contributed by atoms with Crippen molar-refractivity contribution in [2.75, 3.05) is 18.5 Å². The van der Waals surface area contributed by atoms with Crippen molar-refractivity contribution in [2.45, 2.75) is 18.9 Å². The SMILES string of the molecule is CN(C(N)=O)c1ccccc1C1CCCN1. The van der Waals surface area contributed by atoms with E-state index in [9.17, 15) is 4.79 Å². The first-order valence-corrected chi connectivity index (χ1v) is 5.55. The summed E-state index contributed by atoms with van der Waals surface area (Å²) in [5.41, 5.74) is 7.35. The highest BCUT2D eigenvalue weighted by Gasteiger charge is 2.21. The van der Waals surface area contributed by atoms with Crippen LogP contribution in [0, 0.1) is 0 Å². The standard InChI is InChI=1S/C12H17N3O/c1-15(12(13)16)11-7-3-2-5-9(11)10-6-4-8-14-10/h2-3,5,7,10,14H,4,6,8H2,1H3,(H2,13,16). The van der Waals surface area contributed by atoms with Gasteiger partial charge in [-0.2, -0.15) is 0 Å². The smallest absolute Gasteiger partial charge is 0.319 e. The number of primary amides is 1. The summed E-state index contributed by atoms with van der Waals surface area (Å²) in [6.07, 6.45) is 2.29. The molecule has 0 saturated carbocycles. The van der Waals surface area contributed by atoms with Crippen LogP contribution >= 0.6 is 0 Å². The fraction of sp³-hybridized carbons (Fsp3) is 0.417. The van der Waals surface area contributed by atoms with Gasteiger partial charge in [0.15, 0.2) is 0 Å². The average molecular weight is 219 g/mol. The Morgan fingerprint density at radius 1 is 1.50 bits per heavy atom. The molecule has 2 amide bonds. The normalized spacial score (nSPS) is 19.7. The van der Waals surface area contributed by atoms with Crippen LogP contribution in [0.3, 0.4) is 0 Å². The number of nitrogens with zero attached hydrogens (tertiary/aromatic N) is 1. The molecule has 1 aromatic rings. The van der Waals surface area contributed by atoms with Crippen LogP contribution in [0.15, 0.2) is 24.3 Å². The molecule has 0 bridgehead atoms. The minimum atomic E-state index is -0.426. The fourth-order valence-electron chi connectivity index (χ4n) is 2.16. The van der Waals surface area contributed by atoms with E-state index < -0.39 is 6.03 Å².